The van der Waals surface area contributed by atoms with E-state index in [1.54, 1.807) is 54.3 Å². The number of hydrogen-bond acceptors (Lipinski definition) is 7. The van der Waals surface area contributed by atoms with E-state index in [-0.39, 0.29) is 11.7 Å². The molecule has 5 aromatic rings. The number of nitrogens with one attached hydrogen (secondary N) is 1. The normalized spacial score (nSPS) is 10.9. The van der Waals surface area contributed by atoms with Crippen LogP contribution in [0.5, 0.6) is 17.4 Å². The number of carbonyl (C=O) groups excluding carboxylic acids is 1. The highest BCUT2D eigenvalue weighted by atomic mass is 16.5. The summed E-state index contributed by atoms with van der Waals surface area (Å²) in [5, 5.41) is 8.04. The van der Waals surface area contributed by atoms with Crippen molar-refractivity contribution < 1.29 is 18.7 Å². The first-order chi connectivity index (χ1) is 16.5. The molecule has 3 aromatic heterocycles. The number of methoxy groups -OCH3 is 1. The van der Waals surface area contributed by atoms with Gasteiger partial charge in [-0.2, -0.15) is 5.10 Å². The van der Waals surface area contributed by atoms with Gasteiger partial charge in [0.15, 0.2) is 22.9 Å². The lowest BCUT2D eigenvalue weighted by molar-refractivity contribution is 0.0998. The minimum atomic E-state index is -0.364. The van der Waals surface area contributed by atoms with Crippen LogP contribution in [0, 0.1) is 13.8 Å². The van der Waals surface area contributed by atoms with Crippen LogP contribution in [0.1, 0.15) is 21.9 Å². The Morgan fingerprint density at radius 2 is 1.85 bits per heavy atom. The summed E-state index contributed by atoms with van der Waals surface area (Å²) in [5.41, 5.74) is 2.99. The van der Waals surface area contributed by atoms with Crippen molar-refractivity contribution in [3.8, 4) is 23.2 Å². The number of hydrogen-bond donors (Lipinski definition) is 1. The van der Waals surface area contributed by atoms with Gasteiger partial charge in [-0.25, -0.2) is 14.6 Å². The first-order valence-electron chi connectivity index (χ1n) is 10.5. The Hall–Kier alpha value is -4.66. The number of anilines is 1. The average molecular weight is 455 g/mol. The predicted octanol–water partition coefficient (Wildman–Crippen LogP) is 5.08. The first kappa shape index (κ1) is 21.2. The number of nitrogens with zero attached hydrogens (tertiary/aromatic N) is 4. The molecule has 0 bridgehead atoms. The van der Waals surface area contributed by atoms with E-state index in [1.165, 1.54) is 6.33 Å². The van der Waals surface area contributed by atoms with Crippen LogP contribution in [0.25, 0.3) is 16.8 Å². The zero-order chi connectivity index (χ0) is 23.7. The number of benzene rings is 2. The number of carbonyl (C=O) groups is 1. The van der Waals surface area contributed by atoms with Crippen molar-refractivity contribution in [2.24, 2.45) is 0 Å². The van der Waals surface area contributed by atoms with Crippen molar-refractivity contribution in [1.82, 2.24) is 19.7 Å². The molecular weight excluding hydrogens is 434 g/mol. The topological polar surface area (TPSA) is 104 Å². The third-order valence-electron chi connectivity index (χ3n) is 5.14. The highest BCUT2D eigenvalue weighted by Crippen LogP contribution is 2.29. The Labute approximate surface area is 195 Å². The number of rotatable bonds is 6. The van der Waals surface area contributed by atoms with Gasteiger partial charge in [0.05, 0.1) is 12.8 Å². The summed E-state index contributed by atoms with van der Waals surface area (Å²) >= 11 is 0. The maximum atomic E-state index is 12.7. The minimum absolute atomic E-state index is 0.192. The van der Waals surface area contributed by atoms with E-state index >= 15 is 0 Å². The summed E-state index contributed by atoms with van der Waals surface area (Å²) in [6.45, 7) is 3.88. The van der Waals surface area contributed by atoms with E-state index in [2.05, 4.69) is 20.4 Å². The second kappa shape index (κ2) is 8.70. The van der Waals surface area contributed by atoms with E-state index in [0.29, 0.717) is 34.5 Å². The van der Waals surface area contributed by atoms with Crippen LogP contribution in [-0.4, -0.2) is 32.8 Å². The summed E-state index contributed by atoms with van der Waals surface area (Å²) in [5.74, 6) is 1.95. The molecule has 1 N–H and O–H groups in total. The Morgan fingerprint density at radius 1 is 1.03 bits per heavy atom. The van der Waals surface area contributed by atoms with Gasteiger partial charge in [0.25, 0.3) is 5.91 Å². The van der Waals surface area contributed by atoms with Gasteiger partial charge in [-0.1, -0.05) is 12.1 Å². The van der Waals surface area contributed by atoms with Gasteiger partial charge in [-0.05, 0) is 56.3 Å². The Kier molecular flexibility index (Phi) is 5.43. The first-order valence-corrected chi connectivity index (χ1v) is 10.5. The van der Waals surface area contributed by atoms with Crippen molar-refractivity contribution in [2.45, 2.75) is 13.8 Å². The Balaban J connectivity index is 1.28. The highest BCUT2D eigenvalue weighted by molar-refractivity contribution is 6.05. The molecule has 0 aliphatic carbocycles. The van der Waals surface area contributed by atoms with Crippen LogP contribution in [0.3, 0.4) is 0 Å². The minimum Gasteiger partial charge on any atom is -0.493 e. The van der Waals surface area contributed by atoms with Crippen LogP contribution in [0.4, 0.5) is 5.69 Å². The second-order valence-corrected chi connectivity index (χ2v) is 7.62. The van der Waals surface area contributed by atoms with E-state index in [4.69, 9.17) is 13.9 Å². The number of para-hydroxylation sites is 1. The molecular formula is C25H21N5O4. The lowest BCUT2D eigenvalue weighted by Gasteiger charge is -2.08. The number of fused-ring (bicyclic) bond motifs is 1. The maximum Gasteiger partial charge on any atom is 0.291 e. The molecule has 9 heteroatoms. The summed E-state index contributed by atoms with van der Waals surface area (Å²) < 4.78 is 18.6. The second-order valence-electron chi connectivity index (χ2n) is 7.62. The van der Waals surface area contributed by atoms with Gasteiger partial charge >= 0.3 is 0 Å². The van der Waals surface area contributed by atoms with Crippen molar-refractivity contribution in [3.63, 3.8) is 0 Å². The van der Waals surface area contributed by atoms with Gasteiger partial charge in [0.1, 0.15) is 12.1 Å². The smallest absolute Gasteiger partial charge is 0.291 e. The molecule has 0 saturated heterocycles. The van der Waals surface area contributed by atoms with Gasteiger partial charge < -0.3 is 19.2 Å². The third kappa shape index (κ3) is 4.18. The Morgan fingerprint density at radius 3 is 2.59 bits per heavy atom. The van der Waals surface area contributed by atoms with Crippen molar-refractivity contribution in [3.05, 3.63) is 84.1 Å². The lowest BCUT2D eigenvalue weighted by atomic mass is 10.2. The van der Waals surface area contributed by atoms with E-state index < -0.39 is 0 Å². The molecule has 0 aliphatic heterocycles. The molecule has 0 spiro atoms. The molecule has 0 aliphatic rings. The average Bonchev–Trinajstić information content (AvgIpc) is 3.43. The van der Waals surface area contributed by atoms with Crippen LogP contribution in [0.2, 0.25) is 0 Å². The molecule has 3 heterocycles. The van der Waals surface area contributed by atoms with Crippen molar-refractivity contribution in [1.29, 1.82) is 0 Å². The largest absolute Gasteiger partial charge is 0.493 e. The lowest BCUT2D eigenvalue weighted by Crippen LogP contribution is -2.10. The number of aromatic nitrogens is 4. The zero-order valence-electron chi connectivity index (χ0n) is 18.8. The van der Waals surface area contributed by atoms with E-state index in [1.807, 2.05) is 32.0 Å². The molecule has 0 saturated carbocycles. The van der Waals surface area contributed by atoms with Crippen LogP contribution in [-0.2, 0) is 0 Å². The summed E-state index contributed by atoms with van der Waals surface area (Å²) in [4.78, 5) is 21.1. The van der Waals surface area contributed by atoms with Crippen molar-refractivity contribution in [2.75, 3.05) is 12.4 Å². The SMILES string of the molecule is COc1cccc2cc(C(=O)Nc3ccc(Oc4cc(-n5nc(C)cc5C)ncn4)cc3)oc12. The van der Waals surface area contributed by atoms with Gasteiger partial charge in [-0.15, -0.1) is 0 Å². The predicted molar refractivity (Wildman–Crippen MR) is 126 cm³/mol. The van der Waals surface area contributed by atoms with Gasteiger partial charge in [0, 0.05) is 22.8 Å². The number of amides is 1. The summed E-state index contributed by atoms with van der Waals surface area (Å²) in [7, 11) is 1.56. The number of aryl methyl sites for hydroxylation is 2. The van der Waals surface area contributed by atoms with Crippen LogP contribution < -0.4 is 14.8 Å². The van der Waals surface area contributed by atoms with Gasteiger partial charge in [0.2, 0.25) is 5.88 Å². The maximum absolute atomic E-state index is 12.7. The molecule has 0 fully saturated rings. The fraction of sp³-hybridized carbons (Fsp3) is 0.120. The third-order valence-corrected chi connectivity index (χ3v) is 5.14. The quantitative estimate of drug-likeness (QED) is 0.381. The van der Waals surface area contributed by atoms with Crippen molar-refractivity contribution >= 4 is 22.6 Å². The summed E-state index contributed by atoms with van der Waals surface area (Å²) in [6.07, 6.45) is 1.43. The molecule has 1 amide bonds. The fourth-order valence-electron chi connectivity index (χ4n) is 3.59. The van der Waals surface area contributed by atoms with E-state index in [9.17, 15) is 4.79 Å². The molecule has 170 valence electrons. The molecule has 34 heavy (non-hydrogen) atoms. The number of furan rings is 1. The number of ether oxygens (including phenoxy) is 2. The molecule has 9 nitrogen and oxygen atoms in total. The standard InChI is InChI=1S/C25H21N5O4/c1-15-11-16(2)30(29-15)22-13-23(27-14-26-22)33-19-9-7-18(8-10-19)28-25(31)21-12-17-5-4-6-20(32-3)24(17)34-21/h4-14H,1-3H3,(H,28,31). The molecule has 0 radical (unpaired) electrons. The highest BCUT2D eigenvalue weighted by Gasteiger charge is 2.15. The fourth-order valence-corrected chi connectivity index (χ4v) is 3.59. The molecule has 2 aromatic carbocycles. The summed E-state index contributed by atoms with van der Waals surface area (Å²) in [6, 6.07) is 17.8. The molecule has 5 rings (SSSR count). The molecule has 0 atom stereocenters. The van der Waals surface area contributed by atoms with E-state index in [0.717, 1.165) is 16.8 Å². The van der Waals surface area contributed by atoms with Gasteiger partial charge in [-0.3, -0.25) is 4.79 Å². The van der Waals surface area contributed by atoms with Crippen LogP contribution in [0.15, 0.2) is 71.4 Å². The zero-order valence-corrected chi connectivity index (χ0v) is 18.8. The molecule has 0 unspecified atom stereocenters. The Bertz CT molecular complexity index is 1490. The monoisotopic (exact) mass is 455 g/mol. The van der Waals surface area contributed by atoms with Crippen LogP contribution >= 0.6 is 0 Å².